The van der Waals surface area contributed by atoms with Gasteiger partial charge in [-0.05, 0) is 44.9 Å². The Bertz CT molecular complexity index is 1020. The van der Waals surface area contributed by atoms with Crippen LogP contribution < -0.4 is 4.72 Å². The van der Waals surface area contributed by atoms with E-state index in [1.165, 1.54) is 0 Å². The summed E-state index contributed by atoms with van der Waals surface area (Å²) >= 11 is 0. The van der Waals surface area contributed by atoms with E-state index >= 15 is 0 Å². The number of aryl methyl sites for hydroxylation is 2. The number of sulfonamides is 1. The minimum absolute atomic E-state index is 0.247. The number of benzene rings is 2. The van der Waals surface area contributed by atoms with Crippen molar-refractivity contribution in [3.05, 3.63) is 77.1 Å². The van der Waals surface area contributed by atoms with Crippen LogP contribution in [0.2, 0.25) is 0 Å². The largest absolute Gasteiger partial charge is 0.244 e. The summed E-state index contributed by atoms with van der Waals surface area (Å²) in [6, 6.07) is 17.2. The molecule has 1 atom stereocenters. The average Bonchev–Trinajstić information content (AvgIpc) is 2.96. The van der Waals surface area contributed by atoms with E-state index in [0.29, 0.717) is 17.8 Å². The highest BCUT2D eigenvalue weighted by atomic mass is 32.2. The van der Waals surface area contributed by atoms with Gasteiger partial charge in [-0.2, -0.15) is 5.10 Å². The van der Waals surface area contributed by atoms with Crippen LogP contribution in [-0.4, -0.2) is 18.2 Å². The van der Waals surface area contributed by atoms with E-state index in [1.54, 1.807) is 18.5 Å². The van der Waals surface area contributed by atoms with Crippen molar-refractivity contribution < 1.29 is 8.42 Å². The summed E-state index contributed by atoms with van der Waals surface area (Å²) in [4.78, 5) is 0.247. The first-order valence-corrected chi connectivity index (χ1v) is 10.5. The molecule has 0 spiro atoms. The van der Waals surface area contributed by atoms with Crippen LogP contribution >= 0.6 is 0 Å². The van der Waals surface area contributed by atoms with Crippen LogP contribution in [0.1, 0.15) is 41.9 Å². The maximum atomic E-state index is 13.2. The van der Waals surface area contributed by atoms with Crippen LogP contribution in [0.15, 0.2) is 59.5 Å². The predicted molar refractivity (Wildman–Crippen MR) is 108 cm³/mol. The van der Waals surface area contributed by atoms with E-state index in [4.69, 9.17) is 0 Å². The van der Waals surface area contributed by atoms with Gasteiger partial charge in [-0.1, -0.05) is 55.0 Å². The summed E-state index contributed by atoms with van der Waals surface area (Å²) < 4.78 is 30.9. The highest BCUT2D eigenvalue weighted by molar-refractivity contribution is 7.89. The summed E-state index contributed by atoms with van der Waals surface area (Å²) in [6.45, 7) is 7.50. The number of hydrogen-bond acceptors (Lipinski definition) is 3. The Morgan fingerprint density at radius 3 is 2.22 bits per heavy atom. The summed E-state index contributed by atoms with van der Waals surface area (Å²) in [5.74, 6) is 0. The molecule has 27 heavy (non-hydrogen) atoms. The van der Waals surface area contributed by atoms with Gasteiger partial charge in [0.25, 0.3) is 0 Å². The molecule has 0 saturated heterocycles. The molecule has 0 aliphatic rings. The Balaban J connectivity index is 1.97. The van der Waals surface area contributed by atoms with Gasteiger partial charge in [0.1, 0.15) is 4.90 Å². The first kappa shape index (κ1) is 19.3. The van der Waals surface area contributed by atoms with Gasteiger partial charge in [0.05, 0.1) is 17.1 Å². The van der Waals surface area contributed by atoms with Crippen molar-refractivity contribution in [3.8, 4) is 5.69 Å². The minimum atomic E-state index is -3.71. The van der Waals surface area contributed by atoms with E-state index in [0.717, 1.165) is 16.8 Å². The van der Waals surface area contributed by atoms with Gasteiger partial charge in [-0.25, -0.2) is 17.8 Å². The van der Waals surface area contributed by atoms with Crippen molar-refractivity contribution in [1.82, 2.24) is 14.5 Å². The molecule has 3 rings (SSSR count). The van der Waals surface area contributed by atoms with Crippen molar-refractivity contribution >= 4 is 10.0 Å². The van der Waals surface area contributed by atoms with Gasteiger partial charge < -0.3 is 0 Å². The molecule has 1 heterocycles. The van der Waals surface area contributed by atoms with E-state index < -0.39 is 10.0 Å². The Morgan fingerprint density at radius 2 is 1.63 bits per heavy atom. The number of rotatable bonds is 6. The van der Waals surface area contributed by atoms with Crippen molar-refractivity contribution in [2.45, 2.75) is 45.1 Å². The van der Waals surface area contributed by atoms with Crippen LogP contribution in [0.25, 0.3) is 5.69 Å². The fourth-order valence-corrected chi connectivity index (χ4v) is 4.97. The zero-order valence-electron chi connectivity index (χ0n) is 16.1. The molecule has 0 radical (unpaired) electrons. The second kappa shape index (κ2) is 7.66. The lowest BCUT2D eigenvalue weighted by atomic mass is 10.0. The van der Waals surface area contributed by atoms with E-state index in [9.17, 15) is 8.42 Å². The number of para-hydroxylation sites is 1. The van der Waals surface area contributed by atoms with E-state index in [1.807, 2.05) is 68.4 Å². The molecule has 5 nitrogen and oxygen atoms in total. The SMILES string of the molecule is CCC(NS(=O)(=O)c1c(C)nn(-c2ccccc2)c1C)c1ccc(C)cc1. The van der Waals surface area contributed by atoms with Gasteiger partial charge >= 0.3 is 0 Å². The third kappa shape index (κ3) is 3.96. The molecule has 0 aliphatic heterocycles. The fourth-order valence-electron chi connectivity index (χ4n) is 3.27. The maximum Gasteiger partial charge on any atom is 0.244 e. The van der Waals surface area contributed by atoms with Crippen LogP contribution in [0, 0.1) is 20.8 Å². The number of nitrogens with zero attached hydrogens (tertiary/aromatic N) is 2. The van der Waals surface area contributed by atoms with Gasteiger partial charge in [-0.15, -0.1) is 0 Å². The Labute approximate surface area is 161 Å². The fraction of sp³-hybridized carbons (Fsp3) is 0.286. The van der Waals surface area contributed by atoms with Crippen LogP contribution in [0.3, 0.4) is 0 Å². The highest BCUT2D eigenvalue weighted by Crippen LogP contribution is 2.26. The van der Waals surface area contributed by atoms with Gasteiger partial charge in [0.2, 0.25) is 10.0 Å². The molecule has 0 bridgehead atoms. The highest BCUT2D eigenvalue weighted by Gasteiger charge is 2.27. The summed E-state index contributed by atoms with van der Waals surface area (Å²) in [5.41, 5.74) is 4.03. The zero-order chi connectivity index (χ0) is 19.6. The monoisotopic (exact) mass is 383 g/mol. The van der Waals surface area contributed by atoms with Crippen molar-refractivity contribution in [2.75, 3.05) is 0 Å². The van der Waals surface area contributed by atoms with Gasteiger partial charge in [0.15, 0.2) is 0 Å². The number of hydrogen-bond donors (Lipinski definition) is 1. The molecule has 0 aliphatic carbocycles. The maximum absolute atomic E-state index is 13.2. The first-order chi connectivity index (χ1) is 12.8. The molecule has 1 N–H and O–H groups in total. The predicted octanol–water partition coefficient (Wildman–Crippen LogP) is 4.23. The second-order valence-corrected chi connectivity index (χ2v) is 8.39. The smallest absolute Gasteiger partial charge is 0.236 e. The molecule has 1 unspecified atom stereocenters. The lowest BCUT2D eigenvalue weighted by molar-refractivity contribution is 0.549. The summed E-state index contributed by atoms with van der Waals surface area (Å²) in [6.07, 6.45) is 0.660. The standard InChI is InChI=1S/C21H25N3O2S/c1-5-20(18-13-11-15(2)12-14-18)23-27(25,26)21-16(3)22-24(17(21)4)19-9-7-6-8-10-19/h6-14,20,23H,5H2,1-4H3. The van der Waals surface area contributed by atoms with Gasteiger partial charge in [-0.3, -0.25) is 0 Å². The van der Waals surface area contributed by atoms with E-state index in [-0.39, 0.29) is 10.9 Å². The zero-order valence-corrected chi connectivity index (χ0v) is 16.9. The molecule has 0 saturated carbocycles. The molecule has 0 fully saturated rings. The molecule has 142 valence electrons. The number of nitrogens with one attached hydrogen (secondary N) is 1. The molecule has 0 amide bonds. The Morgan fingerprint density at radius 1 is 1.00 bits per heavy atom. The van der Waals surface area contributed by atoms with Gasteiger partial charge in [0, 0.05) is 6.04 Å². The lowest BCUT2D eigenvalue weighted by Gasteiger charge is -2.18. The quantitative estimate of drug-likeness (QED) is 0.693. The van der Waals surface area contributed by atoms with Crippen molar-refractivity contribution in [1.29, 1.82) is 0 Å². The molecule has 6 heteroatoms. The van der Waals surface area contributed by atoms with Crippen LogP contribution in [-0.2, 0) is 10.0 Å². The Hall–Kier alpha value is -2.44. The normalized spacial score (nSPS) is 12.9. The lowest BCUT2D eigenvalue weighted by Crippen LogP contribution is -2.29. The van der Waals surface area contributed by atoms with Crippen LogP contribution in [0.4, 0.5) is 0 Å². The van der Waals surface area contributed by atoms with Crippen molar-refractivity contribution in [3.63, 3.8) is 0 Å². The second-order valence-electron chi connectivity index (χ2n) is 6.74. The topological polar surface area (TPSA) is 64.0 Å². The molecular weight excluding hydrogens is 358 g/mol. The minimum Gasteiger partial charge on any atom is -0.236 e. The first-order valence-electron chi connectivity index (χ1n) is 9.04. The average molecular weight is 384 g/mol. The molecular formula is C21H25N3O2S. The summed E-state index contributed by atoms with van der Waals surface area (Å²) in [5, 5.41) is 4.46. The van der Waals surface area contributed by atoms with E-state index in [2.05, 4.69) is 9.82 Å². The molecule has 2 aromatic carbocycles. The Kier molecular flexibility index (Phi) is 5.48. The van der Waals surface area contributed by atoms with Crippen LogP contribution in [0.5, 0.6) is 0 Å². The third-order valence-electron chi connectivity index (χ3n) is 4.68. The molecule has 1 aromatic heterocycles. The third-order valence-corrected chi connectivity index (χ3v) is 6.40. The van der Waals surface area contributed by atoms with Crippen molar-refractivity contribution in [2.24, 2.45) is 0 Å². The molecule has 3 aromatic rings. The summed E-state index contributed by atoms with van der Waals surface area (Å²) in [7, 11) is -3.71. The number of aromatic nitrogens is 2.